The van der Waals surface area contributed by atoms with Crippen LogP contribution < -0.4 is 10.6 Å². The zero-order chi connectivity index (χ0) is 28.6. The molecule has 1 aliphatic heterocycles. The molecule has 1 aromatic rings. The summed E-state index contributed by atoms with van der Waals surface area (Å²) in [7, 11) is 1.75. The van der Waals surface area contributed by atoms with Gasteiger partial charge in [0.25, 0.3) is 0 Å². The van der Waals surface area contributed by atoms with E-state index in [0.29, 0.717) is 17.1 Å². The van der Waals surface area contributed by atoms with E-state index in [-0.39, 0.29) is 47.7 Å². The van der Waals surface area contributed by atoms with Crippen molar-refractivity contribution in [2.24, 2.45) is 11.8 Å². The maximum Gasteiger partial charge on any atom is 0.246 e. The molecule has 0 radical (unpaired) electrons. The first kappa shape index (κ1) is 31.8. The molecule has 3 atom stereocenters. The third-order valence-corrected chi connectivity index (χ3v) is 7.62. The number of halogens is 1. The molecule has 8 heteroatoms. The Labute approximate surface area is 234 Å². The van der Waals surface area contributed by atoms with E-state index in [0.717, 1.165) is 31.4 Å². The second-order valence-corrected chi connectivity index (χ2v) is 11.9. The molecule has 2 rings (SSSR count). The summed E-state index contributed by atoms with van der Waals surface area (Å²) in [6, 6.07) is 6.44. The number of rotatable bonds is 11. The molecule has 2 N–H and O–H groups in total. The lowest BCUT2D eigenvalue weighted by molar-refractivity contribution is -0.140. The Kier molecular flexibility index (Phi) is 12.3. The van der Waals surface area contributed by atoms with Crippen LogP contribution in [0.5, 0.6) is 0 Å². The van der Waals surface area contributed by atoms with Crippen LogP contribution in [-0.4, -0.2) is 65.3 Å². The highest BCUT2D eigenvalue weighted by atomic mass is 35.5. The molecular formula is C30H47ClN4O3. The molecule has 7 nitrogen and oxygen atoms in total. The smallest absolute Gasteiger partial charge is 0.246 e. The molecule has 1 saturated heterocycles. The van der Waals surface area contributed by atoms with E-state index in [1.54, 1.807) is 31.0 Å². The first-order chi connectivity index (χ1) is 17.8. The van der Waals surface area contributed by atoms with Crippen molar-refractivity contribution in [1.29, 1.82) is 0 Å². The van der Waals surface area contributed by atoms with Gasteiger partial charge in [0, 0.05) is 30.2 Å². The van der Waals surface area contributed by atoms with Gasteiger partial charge in [0.15, 0.2) is 0 Å². The number of hydrogen-bond acceptors (Lipinski definition) is 4. The molecule has 0 aliphatic carbocycles. The van der Waals surface area contributed by atoms with Gasteiger partial charge >= 0.3 is 0 Å². The molecule has 1 aliphatic rings. The topological polar surface area (TPSA) is 81.8 Å². The van der Waals surface area contributed by atoms with E-state index in [1.807, 2.05) is 45.9 Å². The van der Waals surface area contributed by atoms with Crippen LogP contribution in [0.1, 0.15) is 73.3 Å². The van der Waals surface area contributed by atoms with E-state index in [4.69, 9.17) is 11.6 Å². The lowest BCUT2D eigenvalue weighted by Gasteiger charge is -2.39. The predicted molar refractivity (Wildman–Crippen MR) is 155 cm³/mol. The number of likely N-dealkylation sites (tertiary alicyclic amines) is 1. The number of piperidine rings is 1. The van der Waals surface area contributed by atoms with Crippen molar-refractivity contribution in [1.82, 2.24) is 20.4 Å². The van der Waals surface area contributed by atoms with Gasteiger partial charge in [-0.1, -0.05) is 63.9 Å². The Morgan fingerprint density at radius 1 is 1.05 bits per heavy atom. The highest BCUT2D eigenvalue weighted by molar-refractivity contribution is 6.30. The molecule has 0 bridgehead atoms. The molecule has 0 saturated carbocycles. The van der Waals surface area contributed by atoms with E-state index < -0.39 is 6.04 Å². The van der Waals surface area contributed by atoms with Gasteiger partial charge in [-0.2, -0.15) is 0 Å². The van der Waals surface area contributed by atoms with Gasteiger partial charge in [-0.3, -0.25) is 19.3 Å². The standard InChI is InChI=1S/C30H47ClN4O3/c1-19(2)26(17-22(7)28(36)32-18-23-12-14-24(31)15-13-23)34(8)30(38)27(20(3)4)33-29(37)25-11-9-10-16-35(25)21(5)6/h12-15,17,19-21,25-27H,9-11,16,18H2,1-8H3,(H,32,36)(H,33,37)/b22-17+/t25-,26?,27+/m1/s1. The summed E-state index contributed by atoms with van der Waals surface area (Å²) in [6.07, 6.45) is 4.76. The highest BCUT2D eigenvalue weighted by Crippen LogP contribution is 2.21. The summed E-state index contributed by atoms with van der Waals surface area (Å²) in [5.41, 5.74) is 1.49. The maximum atomic E-state index is 13.7. The third-order valence-electron chi connectivity index (χ3n) is 7.36. The molecular weight excluding hydrogens is 500 g/mol. The summed E-state index contributed by atoms with van der Waals surface area (Å²) in [5.74, 6) is -0.420. The molecule has 0 spiro atoms. The van der Waals surface area contributed by atoms with Gasteiger partial charge < -0.3 is 15.5 Å². The van der Waals surface area contributed by atoms with Crippen molar-refractivity contribution < 1.29 is 14.4 Å². The fraction of sp³-hybridized carbons (Fsp3) is 0.633. The van der Waals surface area contributed by atoms with E-state index in [2.05, 4.69) is 29.4 Å². The van der Waals surface area contributed by atoms with E-state index in [1.165, 1.54) is 0 Å². The number of likely N-dealkylation sites (N-methyl/N-ethyl adjacent to an activating group) is 1. The van der Waals surface area contributed by atoms with Crippen molar-refractivity contribution in [3.63, 3.8) is 0 Å². The molecule has 3 amide bonds. The van der Waals surface area contributed by atoms with Crippen LogP contribution in [0.4, 0.5) is 0 Å². The summed E-state index contributed by atoms with van der Waals surface area (Å²) in [5, 5.41) is 6.66. The van der Waals surface area contributed by atoms with Crippen LogP contribution in [0.2, 0.25) is 5.02 Å². The second kappa shape index (κ2) is 14.7. The van der Waals surface area contributed by atoms with Crippen molar-refractivity contribution >= 4 is 29.3 Å². The van der Waals surface area contributed by atoms with Gasteiger partial charge in [-0.15, -0.1) is 0 Å². The first-order valence-corrected chi connectivity index (χ1v) is 14.2. The van der Waals surface area contributed by atoms with E-state index in [9.17, 15) is 14.4 Å². The number of amides is 3. The molecule has 0 aromatic heterocycles. The summed E-state index contributed by atoms with van der Waals surface area (Å²) >= 11 is 5.94. The van der Waals surface area contributed by atoms with Crippen LogP contribution in [0, 0.1) is 11.8 Å². The normalized spacial score (nSPS) is 18.4. The second-order valence-electron chi connectivity index (χ2n) is 11.4. The Bertz CT molecular complexity index is 974. The molecule has 1 fully saturated rings. The summed E-state index contributed by atoms with van der Waals surface area (Å²) < 4.78 is 0. The zero-order valence-electron chi connectivity index (χ0n) is 24.4. The van der Waals surface area contributed by atoms with Gasteiger partial charge in [-0.25, -0.2) is 0 Å². The summed E-state index contributed by atoms with van der Waals surface area (Å²) in [6.45, 7) is 15.2. The Morgan fingerprint density at radius 3 is 2.24 bits per heavy atom. The van der Waals surface area contributed by atoms with Gasteiger partial charge in [0.2, 0.25) is 17.7 Å². The molecule has 1 unspecified atom stereocenters. The Balaban J connectivity index is 2.13. The highest BCUT2D eigenvalue weighted by Gasteiger charge is 2.36. The monoisotopic (exact) mass is 546 g/mol. The van der Waals surface area contributed by atoms with E-state index >= 15 is 0 Å². The lowest BCUT2D eigenvalue weighted by atomic mass is 9.95. The SMILES string of the molecule is C/C(=C\C(C(C)C)N(C)C(=O)[C@@H](NC(=O)[C@H]1CCCCN1C(C)C)C(C)C)C(=O)NCc1ccc(Cl)cc1. The fourth-order valence-corrected chi connectivity index (χ4v) is 5.12. The zero-order valence-corrected chi connectivity index (χ0v) is 25.1. The van der Waals surface area contributed by atoms with Crippen LogP contribution in [0.15, 0.2) is 35.9 Å². The van der Waals surface area contributed by atoms with Crippen molar-refractivity contribution in [2.45, 2.75) is 98.4 Å². The molecule has 1 heterocycles. The van der Waals surface area contributed by atoms with Crippen molar-refractivity contribution in [3.8, 4) is 0 Å². The Morgan fingerprint density at radius 2 is 1.68 bits per heavy atom. The summed E-state index contributed by atoms with van der Waals surface area (Å²) in [4.78, 5) is 43.8. The first-order valence-electron chi connectivity index (χ1n) is 13.9. The number of hydrogen-bond donors (Lipinski definition) is 2. The fourth-order valence-electron chi connectivity index (χ4n) is 4.99. The minimum Gasteiger partial charge on any atom is -0.348 e. The average molecular weight is 547 g/mol. The molecule has 1 aromatic carbocycles. The minimum atomic E-state index is -0.642. The molecule has 212 valence electrons. The van der Waals surface area contributed by atoms with Crippen LogP contribution >= 0.6 is 11.6 Å². The van der Waals surface area contributed by atoms with Crippen molar-refractivity contribution in [2.75, 3.05) is 13.6 Å². The largest absolute Gasteiger partial charge is 0.348 e. The number of carbonyl (C=O) groups excluding carboxylic acids is 3. The number of benzene rings is 1. The van der Waals surface area contributed by atoms with Crippen LogP contribution in [-0.2, 0) is 20.9 Å². The molecule has 38 heavy (non-hydrogen) atoms. The number of nitrogens with zero attached hydrogens (tertiary/aromatic N) is 2. The maximum absolute atomic E-state index is 13.7. The number of carbonyl (C=O) groups is 3. The quantitative estimate of drug-likeness (QED) is 0.391. The van der Waals surface area contributed by atoms with Crippen LogP contribution in [0.3, 0.4) is 0 Å². The lowest BCUT2D eigenvalue weighted by Crippen LogP contribution is -2.58. The van der Waals surface area contributed by atoms with Gasteiger partial charge in [0.1, 0.15) is 6.04 Å². The average Bonchev–Trinajstić information content (AvgIpc) is 2.88. The third kappa shape index (κ3) is 8.84. The predicted octanol–water partition coefficient (Wildman–Crippen LogP) is 4.79. The minimum absolute atomic E-state index is 0.0706. The van der Waals surface area contributed by atoms with Crippen molar-refractivity contribution in [3.05, 3.63) is 46.5 Å². The Hall–Kier alpha value is -2.38. The number of nitrogens with one attached hydrogen (secondary N) is 2. The van der Waals surface area contributed by atoms with Gasteiger partial charge in [0.05, 0.1) is 12.1 Å². The van der Waals surface area contributed by atoms with Gasteiger partial charge in [-0.05, 0) is 69.7 Å². The van der Waals surface area contributed by atoms with Crippen LogP contribution in [0.25, 0.3) is 0 Å².